The summed E-state index contributed by atoms with van der Waals surface area (Å²) < 4.78 is 4.79. The fraction of sp³-hybridized carbons (Fsp3) is 0.400. The van der Waals surface area contributed by atoms with Crippen LogP contribution in [-0.4, -0.2) is 24.6 Å². The van der Waals surface area contributed by atoms with E-state index >= 15 is 0 Å². The van der Waals surface area contributed by atoms with Crippen molar-refractivity contribution in [2.24, 2.45) is 0 Å². The lowest BCUT2D eigenvalue weighted by molar-refractivity contribution is -0.122. The highest BCUT2D eigenvalue weighted by molar-refractivity contribution is 5.75. The van der Waals surface area contributed by atoms with Crippen LogP contribution >= 0.6 is 0 Å². The van der Waals surface area contributed by atoms with Crippen molar-refractivity contribution in [2.75, 3.05) is 13.7 Å². The molecule has 0 aliphatic heterocycles. The number of hydrogen-bond acceptors (Lipinski definition) is 3. The van der Waals surface area contributed by atoms with Gasteiger partial charge in [-0.3, -0.25) is 9.78 Å². The number of aromatic nitrogens is 1. The van der Waals surface area contributed by atoms with Crippen LogP contribution in [0.5, 0.6) is 0 Å². The van der Waals surface area contributed by atoms with E-state index in [0.29, 0.717) is 19.6 Å². The molecule has 1 rings (SSSR count). The van der Waals surface area contributed by atoms with Crippen LogP contribution in [0.2, 0.25) is 0 Å². The minimum absolute atomic E-state index is 0.00398. The molecule has 0 saturated carbocycles. The highest BCUT2D eigenvalue weighted by Gasteiger charge is 1.99. The van der Waals surface area contributed by atoms with Gasteiger partial charge >= 0.3 is 0 Å². The molecular weight excluding hydrogens is 180 g/mol. The largest absolute Gasteiger partial charge is 0.384 e. The molecule has 14 heavy (non-hydrogen) atoms. The number of amides is 1. The third-order valence-corrected chi connectivity index (χ3v) is 1.75. The monoisotopic (exact) mass is 194 g/mol. The van der Waals surface area contributed by atoms with Gasteiger partial charge in [-0.25, -0.2) is 0 Å². The Hall–Kier alpha value is -1.42. The summed E-state index contributed by atoms with van der Waals surface area (Å²) in [6.45, 7) is 0.981. The van der Waals surface area contributed by atoms with Gasteiger partial charge in [0.25, 0.3) is 0 Å². The van der Waals surface area contributed by atoms with Crippen LogP contribution in [0.3, 0.4) is 0 Å². The van der Waals surface area contributed by atoms with Gasteiger partial charge < -0.3 is 10.1 Å². The Morgan fingerprint density at radius 1 is 1.64 bits per heavy atom. The van der Waals surface area contributed by atoms with Crippen molar-refractivity contribution < 1.29 is 9.53 Å². The first kappa shape index (κ1) is 10.7. The normalized spacial score (nSPS) is 9.79. The maximum Gasteiger partial charge on any atom is 0.222 e. The molecule has 4 nitrogen and oxygen atoms in total. The number of hydrogen-bond donors (Lipinski definition) is 1. The molecule has 0 radical (unpaired) electrons. The average molecular weight is 194 g/mol. The maximum absolute atomic E-state index is 11.2. The lowest BCUT2D eigenvalue weighted by Crippen LogP contribution is -2.23. The van der Waals surface area contributed by atoms with E-state index in [1.807, 2.05) is 12.1 Å². The lowest BCUT2D eigenvalue weighted by atomic mass is 10.3. The van der Waals surface area contributed by atoms with Gasteiger partial charge in [0.15, 0.2) is 0 Å². The number of nitrogens with zero attached hydrogens (tertiary/aromatic N) is 1. The van der Waals surface area contributed by atoms with Gasteiger partial charge in [0.2, 0.25) is 5.91 Å². The molecule has 0 bridgehead atoms. The minimum atomic E-state index is -0.00398. The minimum Gasteiger partial charge on any atom is -0.384 e. The number of carbonyl (C=O) groups excluding carboxylic acids is 1. The zero-order valence-corrected chi connectivity index (χ0v) is 8.19. The fourth-order valence-electron chi connectivity index (χ4n) is 0.986. The zero-order chi connectivity index (χ0) is 10.2. The van der Waals surface area contributed by atoms with Crippen molar-refractivity contribution in [1.82, 2.24) is 10.3 Å². The van der Waals surface area contributed by atoms with Crippen molar-refractivity contribution in [1.29, 1.82) is 0 Å². The Morgan fingerprint density at radius 2 is 2.50 bits per heavy atom. The van der Waals surface area contributed by atoms with Crippen molar-refractivity contribution in [2.45, 2.75) is 13.0 Å². The predicted molar refractivity (Wildman–Crippen MR) is 52.6 cm³/mol. The van der Waals surface area contributed by atoms with Crippen molar-refractivity contribution >= 4 is 5.91 Å². The number of rotatable bonds is 5. The van der Waals surface area contributed by atoms with E-state index in [4.69, 9.17) is 4.74 Å². The first-order valence-electron chi connectivity index (χ1n) is 4.47. The quantitative estimate of drug-likeness (QED) is 0.752. The second-order valence-corrected chi connectivity index (χ2v) is 2.88. The van der Waals surface area contributed by atoms with E-state index in [1.165, 1.54) is 0 Å². The first-order chi connectivity index (χ1) is 6.83. The molecule has 1 heterocycles. The Morgan fingerprint density at radius 3 is 3.14 bits per heavy atom. The summed E-state index contributed by atoms with van der Waals surface area (Å²) in [5, 5.41) is 2.77. The van der Waals surface area contributed by atoms with E-state index in [9.17, 15) is 4.79 Å². The Bertz CT molecular complexity index is 275. The van der Waals surface area contributed by atoms with E-state index in [0.717, 1.165) is 5.56 Å². The molecule has 0 atom stereocenters. The summed E-state index contributed by atoms with van der Waals surface area (Å²) >= 11 is 0. The van der Waals surface area contributed by atoms with Crippen LogP contribution < -0.4 is 5.32 Å². The standard InChI is InChI=1S/C10H14N2O2/c1-14-6-4-10(13)12-8-9-3-2-5-11-7-9/h2-3,5,7H,4,6,8H2,1H3,(H,12,13). The Kier molecular flexibility index (Phi) is 4.64. The molecule has 1 aromatic heterocycles. The second-order valence-electron chi connectivity index (χ2n) is 2.88. The molecule has 0 unspecified atom stereocenters. The number of nitrogens with one attached hydrogen (secondary N) is 1. The van der Waals surface area contributed by atoms with E-state index in [-0.39, 0.29) is 5.91 Å². The number of methoxy groups -OCH3 is 1. The molecule has 0 aliphatic carbocycles. The van der Waals surface area contributed by atoms with Gasteiger partial charge in [-0.2, -0.15) is 0 Å². The Balaban J connectivity index is 2.24. The van der Waals surface area contributed by atoms with Crippen molar-refractivity contribution in [3.8, 4) is 0 Å². The average Bonchev–Trinajstić information content (AvgIpc) is 2.25. The summed E-state index contributed by atoms with van der Waals surface area (Å²) in [6.07, 6.45) is 3.84. The van der Waals surface area contributed by atoms with Crippen LogP contribution in [0.4, 0.5) is 0 Å². The van der Waals surface area contributed by atoms with Crippen molar-refractivity contribution in [3.05, 3.63) is 30.1 Å². The van der Waals surface area contributed by atoms with Gasteiger partial charge in [0.1, 0.15) is 0 Å². The first-order valence-corrected chi connectivity index (χ1v) is 4.47. The maximum atomic E-state index is 11.2. The molecule has 4 heteroatoms. The van der Waals surface area contributed by atoms with Crippen LogP contribution in [0.25, 0.3) is 0 Å². The lowest BCUT2D eigenvalue weighted by Gasteiger charge is -2.03. The van der Waals surface area contributed by atoms with E-state index in [2.05, 4.69) is 10.3 Å². The number of carbonyl (C=O) groups is 1. The molecule has 0 aromatic carbocycles. The summed E-state index contributed by atoms with van der Waals surface area (Å²) in [7, 11) is 1.58. The van der Waals surface area contributed by atoms with Gasteiger partial charge in [-0.05, 0) is 11.6 Å². The topological polar surface area (TPSA) is 51.2 Å². The molecule has 1 amide bonds. The summed E-state index contributed by atoms with van der Waals surface area (Å²) in [4.78, 5) is 15.1. The molecular formula is C10H14N2O2. The predicted octanol–water partition coefficient (Wildman–Crippen LogP) is 0.734. The molecule has 0 spiro atoms. The Labute approximate surface area is 83.3 Å². The summed E-state index contributed by atoms with van der Waals surface area (Å²) in [5.74, 6) is -0.00398. The van der Waals surface area contributed by atoms with E-state index < -0.39 is 0 Å². The molecule has 0 aliphatic rings. The van der Waals surface area contributed by atoms with E-state index in [1.54, 1.807) is 19.5 Å². The van der Waals surface area contributed by atoms with Gasteiger partial charge in [0.05, 0.1) is 6.61 Å². The van der Waals surface area contributed by atoms with Crippen LogP contribution in [0.15, 0.2) is 24.5 Å². The molecule has 1 aromatic rings. The second kappa shape index (κ2) is 6.10. The fourth-order valence-corrected chi connectivity index (χ4v) is 0.986. The van der Waals surface area contributed by atoms with Crippen LogP contribution in [0, 0.1) is 0 Å². The van der Waals surface area contributed by atoms with Gasteiger partial charge in [-0.15, -0.1) is 0 Å². The summed E-state index contributed by atoms with van der Waals surface area (Å²) in [5.41, 5.74) is 0.998. The molecule has 0 saturated heterocycles. The van der Waals surface area contributed by atoms with Crippen molar-refractivity contribution in [3.63, 3.8) is 0 Å². The highest BCUT2D eigenvalue weighted by atomic mass is 16.5. The molecule has 76 valence electrons. The highest BCUT2D eigenvalue weighted by Crippen LogP contribution is 1.94. The molecule has 0 fully saturated rings. The summed E-state index contributed by atoms with van der Waals surface area (Å²) in [6, 6.07) is 3.76. The smallest absolute Gasteiger partial charge is 0.222 e. The van der Waals surface area contributed by atoms with Gasteiger partial charge in [-0.1, -0.05) is 6.07 Å². The zero-order valence-electron chi connectivity index (χ0n) is 8.19. The molecule has 1 N–H and O–H groups in total. The SMILES string of the molecule is COCCC(=O)NCc1cccnc1. The third kappa shape index (κ3) is 4.00. The number of ether oxygens (including phenoxy) is 1. The third-order valence-electron chi connectivity index (χ3n) is 1.75. The van der Waals surface area contributed by atoms with Crippen LogP contribution in [0.1, 0.15) is 12.0 Å². The van der Waals surface area contributed by atoms with Crippen LogP contribution in [-0.2, 0) is 16.1 Å². The number of pyridine rings is 1. The van der Waals surface area contributed by atoms with Gasteiger partial charge in [0, 0.05) is 32.5 Å².